The lowest BCUT2D eigenvalue weighted by Gasteiger charge is -2.13. The van der Waals surface area contributed by atoms with E-state index in [1.165, 1.54) is 16.2 Å². The second kappa shape index (κ2) is 11.8. The van der Waals surface area contributed by atoms with Crippen molar-refractivity contribution in [2.45, 2.75) is 0 Å². The smallest absolute Gasteiger partial charge is 0.0992 e. The number of fused-ring (bicyclic) bond motifs is 10. The molecular formula is C49H28N6. The van der Waals surface area contributed by atoms with Gasteiger partial charge in [-0.15, -0.1) is 0 Å². The van der Waals surface area contributed by atoms with E-state index in [-0.39, 0.29) is 0 Å². The highest BCUT2D eigenvalue weighted by Crippen LogP contribution is 2.42. The van der Waals surface area contributed by atoms with E-state index in [9.17, 15) is 10.5 Å². The van der Waals surface area contributed by atoms with Gasteiger partial charge in [0.05, 0.1) is 62.6 Å². The van der Waals surface area contributed by atoms with E-state index < -0.39 is 0 Å². The van der Waals surface area contributed by atoms with Gasteiger partial charge in [0.25, 0.3) is 0 Å². The number of benzene rings is 7. The zero-order valence-corrected chi connectivity index (χ0v) is 29.3. The van der Waals surface area contributed by atoms with Crippen molar-refractivity contribution in [1.82, 2.24) is 18.7 Å². The summed E-state index contributed by atoms with van der Waals surface area (Å²) in [7, 11) is 0. The van der Waals surface area contributed by atoms with Gasteiger partial charge in [-0.05, 0) is 102 Å². The summed E-state index contributed by atoms with van der Waals surface area (Å²) in [6.07, 6.45) is 3.83. The van der Waals surface area contributed by atoms with Gasteiger partial charge in [0.2, 0.25) is 0 Å². The van der Waals surface area contributed by atoms with Crippen LogP contribution < -0.4 is 0 Å². The van der Waals surface area contributed by atoms with Crippen LogP contribution in [-0.2, 0) is 0 Å². The van der Waals surface area contributed by atoms with Crippen LogP contribution in [0.2, 0.25) is 0 Å². The first-order valence-corrected chi connectivity index (χ1v) is 18.2. The van der Waals surface area contributed by atoms with Crippen LogP contribution in [0.4, 0.5) is 0 Å². The number of hydrogen-bond acceptors (Lipinski definition) is 3. The molecule has 6 heteroatoms. The summed E-state index contributed by atoms with van der Waals surface area (Å²) in [6, 6.07) is 59.1. The standard InChI is InChI=1S/C49H28N6/c50-28-31-17-18-44-41(25-31)38-13-4-6-15-42(38)55(44)37-24-32(29-51)23-34(27-37)33-9-8-12-36(26-33)54-46-20-19-45-48(49(46)40-21-22-52-30-47(40)54)39-14-5-7-16-43(39)53(45)35-10-2-1-3-11-35/h1-27,30H. The number of nitrogens with zero attached hydrogens (tertiary/aromatic N) is 6. The molecule has 0 amide bonds. The van der Waals surface area contributed by atoms with Crippen LogP contribution in [0.5, 0.6) is 0 Å². The largest absolute Gasteiger partial charge is 0.309 e. The van der Waals surface area contributed by atoms with Crippen LogP contribution in [0.15, 0.2) is 170 Å². The molecule has 0 aliphatic heterocycles. The Morgan fingerprint density at radius 2 is 0.982 bits per heavy atom. The third-order valence-corrected chi connectivity index (χ3v) is 10.9. The van der Waals surface area contributed by atoms with Crippen LogP contribution in [0.1, 0.15) is 11.1 Å². The molecule has 0 saturated heterocycles. The predicted molar refractivity (Wildman–Crippen MR) is 222 cm³/mol. The molecule has 0 fully saturated rings. The summed E-state index contributed by atoms with van der Waals surface area (Å²) in [6.45, 7) is 0. The van der Waals surface area contributed by atoms with Gasteiger partial charge in [-0.1, -0.05) is 66.7 Å². The molecule has 0 aliphatic carbocycles. The van der Waals surface area contributed by atoms with E-state index >= 15 is 0 Å². The molecule has 11 aromatic rings. The maximum absolute atomic E-state index is 10.3. The van der Waals surface area contributed by atoms with Crippen molar-refractivity contribution in [2.75, 3.05) is 0 Å². The van der Waals surface area contributed by atoms with Crippen molar-refractivity contribution in [1.29, 1.82) is 10.5 Å². The van der Waals surface area contributed by atoms with Crippen molar-refractivity contribution in [3.8, 4) is 40.3 Å². The lowest BCUT2D eigenvalue weighted by molar-refractivity contribution is 1.16. The molecule has 55 heavy (non-hydrogen) atoms. The van der Waals surface area contributed by atoms with E-state index in [0.29, 0.717) is 11.1 Å². The lowest BCUT2D eigenvalue weighted by atomic mass is 10.0. The van der Waals surface area contributed by atoms with Gasteiger partial charge in [-0.25, -0.2) is 0 Å². The van der Waals surface area contributed by atoms with Crippen molar-refractivity contribution in [2.24, 2.45) is 0 Å². The maximum atomic E-state index is 10.3. The minimum Gasteiger partial charge on any atom is -0.309 e. The summed E-state index contributed by atoms with van der Waals surface area (Å²) >= 11 is 0. The molecule has 4 heterocycles. The molecule has 0 unspecified atom stereocenters. The zero-order valence-electron chi connectivity index (χ0n) is 29.3. The number of rotatable bonds is 4. The molecule has 7 aromatic carbocycles. The highest BCUT2D eigenvalue weighted by molar-refractivity contribution is 6.28. The van der Waals surface area contributed by atoms with Gasteiger partial charge in [0.1, 0.15) is 0 Å². The summed E-state index contributed by atoms with van der Waals surface area (Å²) in [5.41, 5.74) is 12.5. The number of nitriles is 2. The van der Waals surface area contributed by atoms with Crippen molar-refractivity contribution < 1.29 is 0 Å². The molecule has 0 aliphatic rings. The SMILES string of the molecule is N#Cc1cc(-c2cccc(-n3c4cnccc4c4c5c6ccccc6n(-c6ccccc6)c5ccc43)c2)cc(-n2c3ccccc3c3cc(C#N)ccc32)c1. The minimum atomic E-state index is 0.566. The number of pyridine rings is 1. The number of para-hydroxylation sites is 3. The summed E-state index contributed by atoms with van der Waals surface area (Å²) < 4.78 is 6.86. The maximum Gasteiger partial charge on any atom is 0.0992 e. The van der Waals surface area contributed by atoms with Gasteiger partial charge in [0, 0.05) is 55.6 Å². The molecule has 0 spiro atoms. The fraction of sp³-hybridized carbons (Fsp3) is 0. The first-order chi connectivity index (χ1) is 27.2. The quantitative estimate of drug-likeness (QED) is 0.183. The molecule has 0 atom stereocenters. The third-order valence-electron chi connectivity index (χ3n) is 10.9. The fourth-order valence-electron chi connectivity index (χ4n) is 8.66. The Morgan fingerprint density at radius 3 is 1.76 bits per heavy atom. The molecular weight excluding hydrogens is 673 g/mol. The lowest BCUT2D eigenvalue weighted by Crippen LogP contribution is -1.97. The Morgan fingerprint density at radius 1 is 0.382 bits per heavy atom. The van der Waals surface area contributed by atoms with E-state index in [1.54, 1.807) is 0 Å². The fourth-order valence-corrected chi connectivity index (χ4v) is 8.66. The summed E-state index contributed by atoms with van der Waals surface area (Å²) in [5.74, 6) is 0. The van der Waals surface area contributed by atoms with E-state index in [4.69, 9.17) is 0 Å². The Kier molecular flexibility index (Phi) is 6.58. The first-order valence-electron chi connectivity index (χ1n) is 18.2. The van der Waals surface area contributed by atoms with Gasteiger partial charge in [-0.2, -0.15) is 10.5 Å². The van der Waals surface area contributed by atoms with Crippen LogP contribution in [0.25, 0.3) is 93.6 Å². The Labute approximate surface area is 315 Å². The van der Waals surface area contributed by atoms with Crippen molar-refractivity contribution in [3.63, 3.8) is 0 Å². The number of aromatic nitrogens is 4. The van der Waals surface area contributed by atoms with E-state index in [1.807, 2.05) is 54.9 Å². The van der Waals surface area contributed by atoms with Crippen molar-refractivity contribution in [3.05, 3.63) is 181 Å². The summed E-state index contributed by atoms with van der Waals surface area (Å²) in [5, 5.41) is 26.8. The van der Waals surface area contributed by atoms with Gasteiger partial charge in [0.15, 0.2) is 0 Å². The van der Waals surface area contributed by atoms with Crippen LogP contribution in [-0.4, -0.2) is 18.7 Å². The normalized spacial score (nSPS) is 11.6. The molecule has 0 radical (unpaired) electrons. The monoisotopic (exact) mass is 700 g/mol. The molecule has 11 rings (SSSR count). The Hall–Kier alpha value is -7.93. The van der Waals surface area contributed by atoms with Crippen LogP contribution >= 0.6 is 0 Å². The molecule has 0 bridgehead atoms. The van der Waals surface area contributed by atoms with E-state index in [2.05, 4.69) is 146 Å². The molecule has 254 valence electrons. The zero-order chi connectivity index (χ0) is 36.6. The molecule has 0 N–H and O–H groups in total. The Bertz CT molecular complexity index is 3460. The van der Waals surface area contributed by atoms with Crippen LogP contribution in [0, 0.1) is 22.7 Å². The van der Waals surface area contributed by atoms with Gasteiger partial charge >= 0.3 is 0 Å². The minimum absolute atomic E-state index is 0.566. The second-order valence-corrected chi connectivity index (χ2v) is 13.9. The second-order valence-electron chi connectivity index (χ2n) is 13.9. The summed E-state index contributed by atoms with van der Waals surface area (Å²) in [4.78, 5) is 4.61. The highest BCUT2D eigenvalue weighted by Gasteiger charge is 2.21. The van der Waals surface area contributed by atoms with Gasteiger partial charge < -0.3 is 13.7 Å². The predicted octanol–water partition coefficient (Wildman–Crippen LogP) is 11.8. The van der Waals surface area contributed by atoms with Crippen molar-refractivity contribution >= 4 is 65.4 Å². The van der Waals surface area contributed by atoms with Gasteiger partial charge in [-0.3, -0.25) is 4.98 Å². The first kappa shape index (κ1) is 30.7. The number of hydrogen-bond donors (Lipinski definition) is 0. The molecule has 4 aromatic heterocycles. The average Bonchev–Trinajstić information content (AvgIpc) is 3.89. The van der Waals surface area contributed by atoms with E-state index in [0.717, 1.165) is 77.4 Å². The topological polar surface area (TPSA) is 75.3 Å². The molecule has 0 saturated carbocycles. The van der Waals surface area contributed by atoms with Crippen LogP contribution in [0.3, 0.4) is 0 Å². The third kappa shape index (κ3) is 4.50. The molecule has 6 nitrogen and oxygen atoms in total. The highest BCUT2D eigenvalue weighted by atomic mass is 15.0. The Balaban J connectivity index is 1.14. The average molecular weight is 701 g/mol.